The highest BCUT2D eigenvalue weighted by atomic mass is 16.7. The second kappa shape index (κ2) is 9.13. The van der Waals surface area contributed by atoms with E-state index in [1.165, 1.54) is 0 Å². The van der Waals surface area contributed by atoms with Gasteiger partial charge in [-0.25, -0.2) is 9.69 Å². The zero-order valence-electron chi connectivity index (χ0n) is 19.2. The van der Waals surface area contributed by atoms with Crippen LogP contribution in [0.25, 0.3) is 0 Å². The number of nitrogens with one attached hydrogen (secondary N) is 2. The highest BCUT2D eigenvalue weighted by Crippen LogP contribution is 2.34. The fraction of sp³-hybridized carbons (Fsp3) is 0.222. The standard InChI is InChI=1S/C27H25N3O5/c1-18(24(31)28-16-20-12-13-22-23(14-20)35-17-34-22)30-25(32)27(29-26(30)33,21-10-6-3-7-11-21)15-19-8-4-2-5-9-19/h2-14,18H,15-17H2,1H3,(H,28,31)(H,29,33)/t18-,27+/m1/s1. The number of hydrogen-bond donors (Lipinski definition) is 2. The fourth-order valence-electron chi connectivity index (χ4n) is 4.49. The van der Waals surface area contributed by atoms with Crippen LogP contribution >= 0.6 is 0 Å². The molecular weight excluding hydrogens is 446 g/mol. The largest absolute Gasteiger partial charge is 0.454 e. The molecule has 8 heteroatoms. The van der Waals surface area contributed by atoms with Gasteiger partial charge in [0.25, 0.3) is 5.91 Å². The van der Waals surface area contributed by atoms with Crippen LogP contribution in [0.5, 0.6) is 11.5 Å². The SMILES string of the molecule is C[C@H](C(=O)NCc1ccc2c(c1)OCO2)N1C(=O)N[C@@](Cc2ccccc2)(c2ccccc2)C1=O. The summed E-state index contributed by atoms with van der Waals surface area (Å²) in [7, 11) is 0. The molecule has 3 aromatic rings. The predicted octanol–water partition coefficient (Wildman–Crippen LogP) is 3.11. The lowest BCUT2D eigenvalue weighted by Gasteiger charge is -2.28. The number of amides is 4. The first-order valence-corrected chi connectivity index (χ1v) is 11.4. The lowest BCUT2D eigenvalue weighted by atomic mass is 9.83. The Kier molecular flexibility index (Phi) is 5.86. The van der Waals surface area contributed by atoms with E-state index in [1.807, 2.05) is 66.7 Å². The molecule has 0 radical (unpaired) electrons. The molecule has 35 heavy (non-hydrogen) atoms. The van der Waals surface area contributed by atoms with E-state index in [9.17, 15) is 14.4 Å². The number of hydrogen-bond acceptors (Lipinski definition) is 5. The molecule has 1 fully saturated rings. The van der Waals surface area contributed by atoms with Crippen LogP contribution in [-0.2, 0) is 28.1 Å². The maximum atomic E-state index is 13.8. The third-order valence-corrected chi connectivity index (χ3v) is 6.37. The summed E-state index contributed by atoms with van der Waals surface area (Å²) in [5.74, 6) is 0.383. The first kappa shape index (κ1) is 22.5. The molecule has 3 aromatic carbocycles. The summed E-state index contributed by atoms with van der Waals surface area (Å²) in [4.78, 5) is 40.9. The number of ether oxygens (including phenoxy) is 2. The van der Waals surface area contributed by atoms with E-state index in [0.717, 1.165) is 16.0 Å². The van der Waals surface area contributed by atoms with Crippen molar-refractivity contribution in [2.75, 3.05) is 6.79 Å². The van der Waals surface area contributed by atoms with E-state index in [0.29, 0.717) is 17.1 Å². The number of urea groups is 1. The average molecular weight is 472 g/mol. The Bertz CT molecular complexity index is 1260. The van der Waals surface area contributed by atoms with Gasteiger partial charge in [-0.05, 0) is 35.7 Å². The summed E-state index contributed by atoms with van der Waals surface area (Å²) in [6, 6.07) is 22.4. The lowest BCUT2D eigenvalue weighted by Crippen LogP contribution is -2.50. The van der Waals surface area contributed by atoms with Crippen molar-refractivity contribution in [1.82, 2.24) is 15.5 Å². The van der Waals surface area contributed by atoms with Crippen LogP contribution in [-0.4, -0.2) is 35.6 Å². The van der Waals surface area contributed by atoms with Gasteiger partial charge in [0.1, 0.15) is 6.04 Å². The Balaban J connectivity index is 1.36. The number of carbonyl (C=O) groups is 3. The maximum absolute atomic E-state index is 13.8. The minimum absolute atomic E-state index is 0.167. The van der Waals surface area contributed by atoms with E-state index < -0.39 is 29.4 Å². The number of fused-ring (bicyclic) bond motifs is 1. The van der Waals surface area contributed by atoms with Crippen LogP contribution in [0.2, 0.25) is 0 Å². The zero-order chi connectivity index (χ0) is 24.4. The van der Waals surface area contributed by atoms with Gasteiger partial charge in [0, 0.05) is 13.0 Å². The van der Waals surface area contributed by atoms with Gasteiger partial charge in [-0.2, -0.15) is 0 Å². The summed E-state index contributed by atoms with van der Waals surface area (Å²) < 4.78 is 10.7. The summed E-state index contributed by atoms with van der Waals surface area (Å²) in [6.45, 7) is 1.94. The lowest BCUT2D eigenvalue weighted by molar-refractivity contribution is -0.138. The maximum Gasteiger partial charge on any atom is 0.326 e. The molecule has 0 spiro atoms. The molecule has 2 N–H and O–H groups in total. The van der Waals surface area contributed by atoms with Crippen LogP contribution in [0, 0.1) is 0 Å². The number of rotatable bonds is 7. The number of carbonyl (C=O) groups excluding carboxylic acids is 3. The van der Waals surface area contributed by atoms with Crippen molar-refractivity contribution in [3.8, 4) is 11.5 Å². The minimum atomic E-state index is -1.30. The van der Waals surface area contributed by atoms with Crippen LogP contribution in [0.3, 0.4) is 0 Å². The van der Waals surface area contributed by atoms with Crippen molar-refractivity contribution >= 4 is 17.8 Å². The molecule has 2 aliphatic rings. The number of imide groups is 1. The van der Waals surface area contributed by atoms with E-state index in [1.54, 1.807) is 19.1 Å². The molecule has 1 saturated heterocycles. The van der Waals surface area contributed by atoms with Gasteiger partial charge in [0.15, 0.2) is 17.0 Å². The zero-order valence-corrected chi connectivity index (χ0v) is 19.2. The van der Waals surface area contributed by atoms with Gasteiger partial charge in [-0.3, -0.25) is 9.59 Å². The molecule has 5 rings (SSSR count). The Morgan fingerprint density at radius 2 is 1.66 bits per heavy atom. The Morgan fingerprint density at radius 3 is 2.40 bits per heavy atom. The van der Waals surface area contributed by atoms with Gasteiger partial charge >= 0.3 is 6.03 Å². The molecule has 0 saturated carbocycles. The topological polar surface area (TPSA) is 97.0 Å². The molecule has 0 bridgehead atoms. The first-order chi connectivity index (χ1) is 17.0. The van der Waals surface area contributed by atoms with E-state index >= 15 is 0 Å². The summed E-state index contributed by atoms with van der Waals surface area (Å²) in [6.07, 6.45) is 0.268. The number of nitrogens with zero attached hydrogens (tertiary/aromatic N) is 1. The van der Waals surface area contributed by atoms with Crippen molar-refractivity contribution in [3.05, 3.63) is 95.6 Å². The molecule has 4 amide bonds. The summed E-state index contributed by atoms with van der Waals surface area (Å²) in [5.41, 5.74) is 1.07. The molecular formula is C27H25N3O5. The molecule has 0 unspecified atom stereocenters. The van der Waals surface area contributed by atoms with E-state index in [4.69, 9.17) is 9.47 Å². The van der Waals surface area contributed by atoms with E-state index in [2.05, 4.69) is 10.6 Å². The van der Waals surface area contributed by atoms with Crippen LogP contribution in [0.4, 0.5) is 4.79 Å². The monoisotopic (exact) mass is 471 g/mol. The third-order valence-electron chi connectivity index (χ3n) is 6.37. The van der Waals surface area contributed by atoms with Gasteiger partial charge in [0.2, 0.25) is 12.7 Å². The van der Waals surface area contributed by atoms with Gasteiger partial charge in [-0.1, -0.05) is 66.7 Å². The predicted molar refractivity (Wildman–Crippen MR) is 128 cm³/mol. The molecule has 178 valence electrons. The van der Waals surface area contributed by atoms with Gasteiger partial charge < -0.3 is 20.1 Å². The van der Waals surface area contributed by atoms with Crippen LogP contribution in [0.1, 0.15) is 23.6 Å². The molecule has 0 aromatic heterocycles. The quantitative estimate of drug-likeness (QED) is 0.516. The van der Waals surface area contributed by atoms with E-state index in [-0.39, 0.29) is 19.8 Å². The molecule has 2 atom stereocenters. The molecule has 0 aliphatic carbocycles. The van der Waals surface area contributed by atoms with Gasteiger partial charge in [0.05, 0.1) is 0 Å². The average Bonchev–Trinajstić information content (AvgIpc) is 3.45. The third kappa shape index (κ3) is 4.19. The highest BCUT2D eigenvalue weighted by Gasteiger charge is 2.54. The van der Waals surface area contributed by atoms with Crippen molar-refractivity contribution in [2.45, 2.75) is 31.5 Å². The first-order valence-electron chi connectivity index (χ1n) is 11.4. The molecule has 2 aliphatic heterocycles. The fourth-order valence-corrected chi connectivity index (χ4v) is 4.49. The van der Waals surface area contributed by atoms with Crippen LogP contribution < -0.4 is 20.1 Å². The van der Waals surface area contributed by atoms with Crippen molar-refractivity contribution in [3.63, 3.8) is 0 Å². The van der Waals surface area contributed by atoms with Crippen molar-refractivity contribution in [2.24, 2.45) is 0 Å². The summed E-state index contributed by atoms with van der Waals surface area (Å²) >= 11 is 0. The Hall–Kier alpha value is -4.33. The molecule has 8 nitrogen and oxygen atoms in total. The highest BCUT2D eigenvalue weighted by molar-refractivity contribution is 6.10. The Morgan fingerprint density at radius 1 is 0.971 bits per heavy atom. The smallest absolute Gasteiger partial charge is 0.326 e. The molecule has 2 heterocycles. The minimum Gasteiger partial charge on any atom is -0.454 e. The van der Waals surface area contributed by atoms with Crippen molar-refractivity contribution in [1.29, 1.82) is 0 Å². The van der Waals surface area contributed by atoms with Gasteiger partial charge in [-0.15, -0.1) is 0 Å². The Labute approximate surface area is 202 Å². The van der Waals surface area contributed by atoms with Crippen molar-refractivity contribution < 1.29 is 23.9 Å². The summed E-state index contributed by atoms with van der Waals surface area (Å²) in [5, 5.41) is 5.71. The van der Waals surface area contributed by atoms with Crippen LogP contribution in [0.15, 0.2) is 78.9 Å². The number of benzene rings is 3. The second-order valence-electron chi connectivity index (χ2n) is 8.62. The normalized spacial score (nSPS) is 19.4. The second-order valence-corrected chi connectivity index (χ2v) is 8.62.